The molecule has 1 aromatic carbocycles. The maximum atomic E-state index is 13.7. The van der Waals surface area contributed by atoms with Crippen LogP contribution in [0.25, 0.3) is 0 Å². The SMILES string of the molecule is Cc1nc(NC(=O)c2cc(F)c([N+](=O)[O-])cc2F)sc1C. The summed E-state index contributed by atoms with van der Waals surface area (Å²) < 4.78 is 27.1. The monoisotopic (exact) mass is 313 g/mol. The van der Waals surface area contributed by atoms with E-state index in [1.165, 1.54) is 11.3 Å². The Labute approximate surface area is 121 Å². The predicted molar refractivity (Wildman–Crippen MR) is 72.6 cm³/mol. The van der Waals surface area contributed by atoms with E-state index in [1.54, 1.807) is 13.8 Å². The molecule has 0 saturated heterocycles. The van der Waals surface area contributed by atoms with Crippen LogP contribution in [-0.2, 0) is 0 Å². The van der Waals surface area contributed by atoms with Crippen LogP contribution in [0, 0.1) is 35.6 Å². The molecule has 0 bridgehead atoms. The van der Waals surface area contributed by atoms with E-state index >= 15 is 0 Å². The Morgan fingerprint density at radius 1 is 1.33 bits per heavy atom. The van der Waals surface area contributed by atoms with Gasteiger partial charge in [0.05, 0.1) is 22.2 Å². The van der Waals surface area contributed by atoms with Crippen molar-refractivity contribution < 1.29 is 18.5 Å². The summed E-state index contributed by atoms with van der Waals surface area (Å²) in [6, 6.07) is 0.874. The third-order valence-corrected chi connectivity index (χ3v) is 3.72. The highest BCUT2D eigenvalue weighted by Gasteiger charge is 2.22. The van der Waals surface area contributed by atoms with Crippen molar-refractivity contribution in [2.45, 2.75) is 13.8 Å². The summed E-state index contributed by atoms with van der Waals surface area (Å²) in [4.78, 5) is 26.2. The van der Waals surface area contributed by atoms with Gasteiger partial charge >= 0.3 is 5.69 Å². The fourth-order valence-electron chi connectivity index (χ4n) is 1.54. The molecule has 0 aliphatic heterocycles. The molecule has 0 fully saturated rings. The number of hydrogen-bond acceptors (Lipinski definition) is 5. The van der Waals surface area contributed by atoms with Crippen LogP contribution in [0.15, 0.2) is 12.1 Å². The number of rotatable bonds is 3. The number of nitro groups is 1. The van der Waals surface area contributed by atoms with Gasteiger partial charge in [0.25, 0.3) is 5.91 Å². The normalized spacial score (nSPS) is 10.5. The first-order valence-corrected chi connectivity index (χ1v) is 6.50. The smallest absolute Gasteiger partial charge is 0.298 e. The van der Waals surface area contributed by atoms with Crippen molar-refractivity contribution in [2.24, 2.45) is 0 Å². The van der Waals surface area contributed by atoms with Crippen molar-refractivity contribution in [3.05, 3.63) is 50.0 Å². The van der Waals surface area contributed by atoms with E-state index < -0.39 is 33.7 Å². The standard InChI is InChI=1S/C12H9F2N3O3S/c1-5-6(2)21-12(15-5)16-11(18)7-3-9(14)10(17(19)20)4-8(7)13/h3-4H,1-2H3,(H,15,16,18). The Hall–Kier alpha value is -2.42. The lowest BCUT2D eigenvalue weighted by atomic mass is 10.1. The quantitative estimate of drug-likeness (QED) is 0.696. The maximum Gasteiger partial charge on any atom is 0.307 e. The van der Waals surface area contributed by atoms with Gasteiger partial charge in [0.15, 0.2) is 5.13 Å². The van der Waals surface area contributed by atoms with Crippen LogP contribution in [0.1, 0.15) is 20.9 Å². The van der Waals surface area contributed by atoms with Crippen LogP contribution >= 0.6 is 11.3 Å². The second-order valence-electron chi connectivity index (χ2n) is 4.16. The Balaban J connectivity index is 2.31. The highest BCUT2D eigenvalue weighted by atomic mass is 32.1. The molecule has 0 unspecified atom stereocenters. The number of carbonyl (C=O) groups is 1. The molecule has 2 rings (SSSR count). The first kappa shape index (κ1) is 15.0. The number of nitro benzene ring substituents is 1. The predicted octanol–water partition coefficient (Wildman–Crippen LogP) is 3.20. The molecule has 0 atom stereocenters. The van der Waals surface area contributed by atoms with E-state index in [4.69, 9.17) is 0 Å². The van der Waals surface area contributed by atoms with Crippen LogP contribution in [-0.4, -0.2) is 15.8 Å². The molecule has 0 spiro atoms. The summed E-state index contributed by atoms with van der Waals surface area (Å²) in [6.45, 7) is 3.54. The van der Waals surface area contributed by atoms with E-state index in [0.29, 0.717) is 17.8 Å². The highest BCUT2D eigenvalue weighted by Crippen LogP contribution is 2.24. The van der Waals surface area contributed by atoms with Gasteiger partial charge in [-0.05, 0) is 19.9 Å². The summed E-state index contributed by atoms with van der Waals surface area (Å²) in [6.07, 6.45) is 0. The van der Waals surface area contributed by atoms with Crippen LogP contribution in [0.2, 0.25) is 0 Å². The van der Waals surface area contributed by atoms with E-state index in [-0.39, 0.29) is 5.13 Å². The number of benzene rings is 1. The number of carbonyl (C=O) groups excluding carboxylic acids is 1. The Morgan fingerprint density at radius 2 is 2.00 bits per heavy atom. The number of aryl methyl sites for hydroxylation is 2. The van der Waals surface area contributed by atoms with Gasteiger partial charge < -0.3 is 0 Å². The van der Waals surface area contributed by atoms with E-state index in [0.717, 1.165) is 4.88 Å². The number of anilines is 1. The van der Waals surface area contributed by atoms with Gasteiger partial charge in [-0.25, -0.2) is 9.37 Å². The third kappa shape index (κ3) is 3.02. The minimum atomic E-state index is -1.28. The fourth-order valence-corrected chi connectivity index (χ4v) is 2.35. The maximum absolute atomic E-state index is 13.7. The van der Waals surface area contributed by atoms with Gasteiger partial charge in [-0.15, -0.1) is 11.3 Å². The van der Waals surface area contributed by atoms with Crippen LogP contribution in [0.3, 0.4) is 0 Å². The zero-order valence-corrected chi connectivity index (χ0v) is 11.8. The number of thiazole rings is 1. The van der Waals surface area contributed by atoms with Gasteiger partial charge in [0.2, 0.25) is 5.82 Å². The number of halogens is 2. The summed E-state index contributed by atoms with van der Waals surface area (Å²) >= 11 is 1.19. The van der Waals surface area contributed by atoms with Gasteiger partial charge in [0, 0.05) is 4.88 Å². The molecule has 6 nitrogen and oxygen atoms in total. The molecule has 1 aromatic heterocycles. The van der Waals surface area contributed by atoms with E-state index in [1.807, 2.05) is 0 Å². The van der Waals surface area contributed by atoms with Crippen LogP contribution < -0.4 is 5.32 Å². The molecule has 2 aromatic rings. The van der Waals surface area contributed by atoms with Crippen molar-refractivity contribution in [2.75, 3.05) is 5.32 Å². The lowest BCUT2D eigenvalue weighted by Gasteiger charge is -2.04. The number of hydrogen-bond donors (Lipinski definition) is 1. The molecule has 1 N–H and O–H groups in total. The minimum absolute atomic E-state index is 0.244. The van der Waals surface area contributed by atoms with Crippen molar-refractivity contribution >= 4 is 28.1 Å². The van der Waals surface area contributed by atoms with Crippen molar-refractivity contribution in [3.8, 4) is 0 Å². The topological polar surface area (TPSA) is 85.1 Å². The van der Waals surface area contributed by atoms with Crippen LogP contribution in [0.4, 0.5) is 19.6 Å². The molecule has 0 aliphatic rings. The molecular formula is C12H9F2N3O3S. The van der Waals surface area contributed by atoms with Crippen molar-refractivity contribution in [1.82, 2.24) is 4.98 Å². The Bertz CT molecular complexity index is 726. The average Bonchev–Trinajstić information content (AvgIpc) is 2.70. The summed E-state index contributed by atoms with van der Waals surface area (Å²) in [7, 11) is 0. The lowest BCUT2D eigenvalue weighted by Crippen LogP contribution is -2.14. The fraction of sp³-hybridized carbons (Fsp3) is 0.167. The molecule has 1 heterocycles. The number of nitrogens with one attached hydrogen (secondary N) is 1. The van der Waals surface area contributed by atoms with Gasteiger partial charge in [-0.1, -0.05) is 0 Å². The number of amides is 1. The summed E-state index contributed by atoms with van der Waals surface area (Å²) in [5.74, 6) is -3.38. The summed E-state index contributed by atoms with van der Waals surface area (Å²) in [5.41, 5.74) is -0.931. The molecular weight excluding hydrogens is 304 g/mol. The molecule has 0 saturated carbocycles. The van der Waals surface area contributed by atoms with Gasteiger partial charge in [-0.3, -0.25) is 20.2 Å². The second kappa shape index (κ2) is 5.52. The average molecular weight is 313 g/mol. The Morgan fingerprint density at radius 3 is 2.52 bits per heavy atom. The van der Waals surface area contributed by atoms with Gasteiger partial charge in [0.1, 0.15) is 5.82 Å². The molecule has 0 radical (unpaired) electrons. The van der Waals surface area contributed by atoms with E-state index in [2.05, 4.69) is 10.3 Å². The first-order chi connectivity index (χ1) is 9.79. The van der Waals surface area contributed by atoms with Crippen molar-refractivity contribution in [3.63, 3.8) is 0 Å². The molecule has 21 heavy (non-hydrogen) atoms. The van der Waals surface area contributed by atoms with E-state index in [9.17, 15) is 23.7 Å². The summed E-state index contributed by atoms with van der Waals surface area (Å²) in [5, 5.41) is 13.0. The largest absolute Gasteiger partial charge is 0.307 e. The molecule has 9 heteroatoms. The first-order valence-electron chi connectivity index (χ1n) is 5.68. The number of nitrogens with zero attached hydrogens (tertiary/aromatic N) is 2. The zero-order valence-electron chi connectivity index (χ0n) is 10.9. The zero-order chi connectivity index (χ0) is 15.7. The highest BCUT2D eigenvalue weighted by molar-refractivity contribution is 7.15. The lowest BCUT2D eigenvalue weighted by molar-refractivity contribution is -0.387. The third-order valence-electron chi connectivity index (χ3n) is 2.73. The molecule has 110 valence electrons. The molecule has 1 amide bonds. The van der Waals surface area contributed by atoms with Gasteiger partial charge in [-0.2, -0.15) is 4.39 Å². The second-order valence-corrected chi connectivity index (χ2v) is 5.36. The minimum Gasteiger partial charge on any atom is -0.298 e. The Kier molecular flexibility index (Phi) is 3.94. The molecule has 0 aliphatic carbocycles. The van der Waals surface area contributed by atoms with Crippen molar-refractivity contribution in [1.29, 1.82) is 0 Å². The number of aromatic nitrogens is 1. The van der Waals surface area contributed by atoms with Crippen LogP contribution in [0.5, 0.6) is 0 Å².